The number of benzene rings is 2. The number of para-hydroxylation sites is 1. The average Bonchev–Trinajstić information content (AvgIpc) is 3.34. The molecule has 1 aliphatic carbocycles. The van der Waals surface area contributed by atoms with E-state index in [0.29, 0.717) is 45.9 Å². The molecule has 1 fully saturated rings. The van der Waals surface area contributed by atoms with E-state index in [4.69, 9.17) is 0 Å². The minimum absolute atomic E-state index is 0.101. The highest BCUT2D eigenvalue weighted by molar-refractivity contribution is 7.87. The molecule has 3 aliphatic rings. The number of allylic oxidation sites excluding steroid dienone is 1. The Bertz CT molecular complexity index is 1540. The summed E-state index contributed by atoms with van der Waals surface area (Å²) in [5.74, 6) is -1.30. The van der Waals surface area contributed by atoms with Gasteiger partial charge >= 0.3 is 16.4 Å². The Balaban J connectivity index is 1.48. The quantitative estimate of drug-likeness (QED) is 0.526. The molecule has 5 rings (SSSR count). The lowest BCUT2D eigenvalue weighted by Gasteiger charge is -2.38. The molecule has 2 heterocycles. The van der Waals surface area contributed by atoms with Crippen LogP contribution in [0.1, 0.15) is 43.2 Å². The Kier molecular flexibility index (Phi) is 7.79. The highest BCUT2D eigenvalue weighted by Crippen LogP contribution is 2.35. The van der Waals surface area contributed by atoms with Crippen molar-refractivity contribution in [1.29, 1.82) is 0 Å². The lowest BCUT2D eigenvalue weighted by molar-refractivity contribution is -0.132. The number of hydrogen-bond acceptors (Lipinski definition) is 6. The highest BCUT2D eigenvalue weighted by Gasteiger charge is 2.48. The zero-order valence-corrected chi connectivity index (χ0v) is 23.9. The Morgan fingerprint density at radius 2 is 1.64 bits per heavy atom. The molecule has 42 heavy (non-hydrogen) atoms. The normalized spacial score (nSPS) is 20.9. The summed E-state index contributed by atoms with van der Waals surface area (Å²) in [7, 11) is -1.89. The van der Waals surface area contributed by atoms with Gasteiger partial charge in [-0.3, -0.25) is 9.59 Å². The van der Waals surface area contributed by atoms with E-state index < -0.39 is 52.3 Å². The zero-order chi connectivity index (χ0) is 30.3. The first-order chi connectivity index (χ1) is 19.8. The summed E-state index contributed by atoms with van der Waals surface area (Å²) in [6.45, 7) is -0.573. The molecular formula is C28H31F3N6O4S. The number of anilines is 1. The topological polar surface area (TPSA) is 114 Å². The first-order valence-electron chi connectivity index (χ1n) is 13.4. The molecule has 0 radical (unpaired) electrons. The van der Waals surface area contributed by atoms with Crippen molar-refractivity contribution in [3.63, 3.8) is 0 Å². The number of benzodiazepines with no additional fused rings is 1. The van der Waals surface area contributed by atoms with Crippen LogP contribution in [0, 0.1) is 0 Å². The third kappa shape index (κ3) is 5.60. The van der Waals surface area contributed by atoms with Crippen molar-refractivity contribution in [1.82, 2.24) is 19.2 Å². The maximum absolute atomic E-state index is 13.9. The summed E-state index contributed by atoms with van der Waals surface area (Å²) in [5, 5.41) is 2.67. The molecule has 2 aromatic rings. The third-order valence-corrected chi connectivity index (χ3v) is 9.24. The Labute approximate surface area is 242 Å². The van der Waals surface area contributed by atoms with E-state index in [1.165, 1.54) is 4.90 Å². The van der Waals surface area contributed by atoms with E-state index in [9.17, 15) is 31.2 Å². The molecule has 2 N–H and O–H groups in total. The molecule has 0 aromatic heterocycles. The molecule has 2 aliphatic heterocycles. The number of nitrogens with zero attached hydrogens (tertiary/aromatic N) is 4. The van der Waals surface area contributed by atoms with Gasteiger partial charge in [0, 0.05) is 31.4 Å². The number of fused-ring (bicyclic) bond motifs is 1. The van der Waals surface area contributed by atoms with Crippen LogP contribution in [0.15, 0.2) is 71.5 Å². The van der Waals surface area contributed by atoms with Gasteiger partial charge < -0.3 is 15.1 Å². The molecule has 2 amide bonds. The van der Waals surface area contributed by atoms with Crippen LogP contribution in [0.3, 0.4) is 0 Å². The van der Waals surface area contributed by atoms with Gasteiger partial charge in [0.05, 0.1) is 11.4 Å². The Hall–Kier alpha value is -3.91. The molecule has 224 valence electrons. The predicted molar refractivity (Wildman–Crippen MR) is 150 cm³/mol. The Morgan fingerprint density at radius 1 is 1.00 bits per heavy atom. The van der Waals surface area contributed by atoms with Gasteiger partial charge in [0.25, 0.3) is 5.91 Å². The van der Waals surface area contributed by atoms with Crippen LogP contribution in [0.4, 0.5) is 18.9 Å². The van der Waals surface area contributed by atoms with Gasteiger partial charge in [0.1, 0.15) is 17.9 Å². The summed E-state index contributed by atoms with van der Waals surface area (Å²) in [5.41, 5.74) is -0.368. The van der Waals surface area contributed by atoms with Crippen molar-refractivity contribution < 1.29 is 31.2 Å². The molecular weight excluding hydrogens is 573 g/mol. The van der Waals surface area contributed by atoms with Crippen molar-refractivity contribution in [2.75, 3.05) is 25.7 Å². The summed E-state index contributed by atoms with van der Waals surface area (Å²) in [6.07, 6.45) is -3.68. The third-order valence-electron chi connectivity index (χ3n) is 7.75. The summed E-state index contributed by atoms with van der Waals surface area (Å²) < 4.78 is 69.8. The number of hydrogen-bond donors (Lipinski definition) is 2. The van der Waals surface area contributed by atoms with Crippen LogP contribution in [0.5, 0.6) is 0 Å². The number of carbonyl (C=O) groups is 2. The van der Waals surface area contributed by atoms with Crippen LogP contribution < -0.4 is 14.9 Å². The lowest BCUT2D eigenvalue weighted by atomic mass is 9.82. The number of carbonyl (C=O) groups excluding carboxylic acids is 2. The maximum Gasteiger partial charge on any atom is 0.432 e. The molecule has 10 nitrogen and oxygen atoms in total. The number of nitrogens with one attached hydrogen (secondary N) is 2. The number of likely N-dealkylation sites (N-methyl/N-ethyl adjacent to an activating group) is 1. The van der Waals surface area contributed by atoms with Crippen molar-refractivity contribution in [2.24, 2.45) is 4.99 Å². The minimum Gasteiger partial charge on any atom is -0.351 e. The minimum atomic E-state index is -4.75. The van der Waals surface area contributed by atoms with Gasteiger partial charge in [0.15, 0.2) is 0 Å². The van der Waals surface area contributed by atoms with E-state index in [1.807, 2.05) is 42.5 Å². The first kappa shape index (κ1) is 29.6. The highest BCUT2D eigenvalue weighted by atomic mass is 32.2. The molecule has 2 aromatic carbocycles. The van der Waals surface area contributed by atoms with E-state index in [0.717, 1.165) is 18.4 Å². The molecule has 14 heteroatoms. The first-order valence-corrected chi connectivity index (χ1v) is 14.9. The summed E-state index contributed by atoms with van der Waals surface area (Å²) >= 11 is 0. The summed E-state index contributed by atoms with van der Waals surface area (Å²) in [6, 6.07) is 16.3. The van der Waals surface area contributed by atoms with Crippen molar-refractivity contribution in [3.8, 4) is 0 Å². The fourth-order valence-corrected chi connectivity index (χ4v) is 7.01. The second-order valence-corrected chi connectivity index (χ2v) is 12.2. The van der Waals surface area contributed by atoms with E-state index >= 15 is 0 Å². The number of aliphatic imine (C=N–C) groups is 1. The second-order valence-electron chi connectivity index (χ2n) is 10.6. The monoisotopic (exact) mass is 604 g/mol. The van der Waals surface area contributed by atoms with E-state index in [2.05, 4.69) is 15.0 Å². The lowest BCUT2D eigenvalue weighted by Crippen LogP contribution is -2.63. The largest absolute Gasteiger partial charge is 0.432 e. The number of rotatable bonds is 6. The van der Waals surface area contributed by atoms with Gasteiger partial charge in [-0.1, -0.05) is 67.8 Å². The van der Waals surface area contributed by atoms with Crippen LogP contribution >= 0.6 is 0 Å². The second kappa shape index (κ2) is 11.1. The predicted octanol–water partition coefficient (Wildman–Crippen LogP) is 3.09. The van der Waals surface area contributed by atoms with E-state index in [1.54, 1.807) is 19.2 Å². The zero-order valence-electron chi connectivity index (χ0n) is 23.1. The van der Waals surface area contributed by atoms with E-state index in [-0.39, 0.29) is 12.8 Å². The van der Waals surface area contributed by atoms with Crippen molar-refractivity contribution >= 4 is 33.4 Å². The van der Waals surface area contributed by atoms with Crippen molar-refractivity contribution in [2.45, 2.75) is 50.0 Å². The maximum atomic E-state index is 13.9. The smallest absolute Gasteiger partial charge is 0.351 e. The molecule has 0 bridgehead atoms. The number of amides is 2. The van der Waals surface area contributed by atoms with Crippen LogP contribution in [0.2, 0.25) is 0 Å². The standard InChI is InChI=1S/C28H31F3N6O4S/c1-35-18-37(17-22(35)28(29,30)31)42(40,41)34-27(15-9-4-10-16-27)26(39)33-24-25(38)36(2)21-14-8-7-13-20(21)23(32-24)19-11-5-3-6-12-19/h3,5-8,11-14,17,24,34H,4,9-10,15-16,18H2,1-2H3,(H,33,39). The van der Waals surface area contributed by atoms with Gasteiger partial charge in [-0.05, 0) is 18.9 Å². The van der Waals surface area contributed by atoms with Gasteiger partial charge in [0.2, 0.25) is 12.1 Å². The molecule has 1 atom stereocenters. The average molecular weight is 605 g/mol. The molecule has 0 saturated heterocycles. The van der Waals surface area contributed by atoms with Gasteiger partial charge in [-0.25, -0.2) is 9.30 Å². The van der Waals surface area contributed by atoms with Crippen molar-refractivity contribution in [3.05, 3.63) is 77.6 Å². The number of halogens is 3. The SMILES string of the molecule is CN1CN(S(=O)(=O)NC2(C(=O)NC3N=C(c4ccccc4)c4ccccc4N(C)C3=O)CCCCC2)C=C1C(F)(F)F. The van der Waals surface area contributed by atoms with Crippen LogP contribution in [-0.2, 0) is 19.8 Å². The van der Waals surface area contributed by atoms with Gasteiger partial charge in [-0.2, -0.15) is 26.3 Å². The summed E-state index contributed by atoms with van der Waals surface area (Å²) in [4.78, 5) is 34.4. The van der Waals surface area contributed by atoms with Crippen LogP contribution in [-0.4, -0.2) is 73.8 Å². The number of alkyl halides is 3. The fraction of sp³-hybridized carbons (Fsp3) is 0.393. The fourth-order valence-electron chi connectivity index (χ4n) is 5.54. The van der Waals surface area contributed by atoms with Crippen LogP contribution in [0.25, 0.3) is 0 Å². The Morgan fingerprint density at radius 3 is 2.29 bits per heavy atom. The molecule has 0 spiro atoms. The molecule has 1 saturated carbocycles. The molecule has 1 unspecified atom stereocenters. The van der Waals surface area contributed by atoms with Gasteiger partial charge in [-0.15, -0.1) is 0 Å².